The normalized spacial score (nSPS) is 35.0. The Hall–Kier alpha value is -1.79. The molecular formula is C24H30ClN3O3. The molecule has 1 unspecified atom stereocenters. The molecule has 1 aromatic carbocycles. The van der Waals surface area contributed by atoms with Gasteiger partial charge in [0.15, 0.2) is 5.58 Å². The maximum atomic E-state index is 13.1. The number of nitrogens with one attached hydrogen (secondary N) is 1. The Bertz CT molecular complexity index is 1040. The molecule has 2 aromatic rings. The van der Waals surface area contributed by atoms with Gasteiger partial charge in [-0.1, -0.05) is 11.6 Å². The average Bonchev–Trinajstić information content (AvgIpc) is 3.01. The Balaban J connectivity index is 1.15. The summed E-state index contributed by atoms with van der Waals surface area (Å²) in [6.45, 7) is 1.97. The molecule has 166 valence electrons. The van der Waals surface area contributed by atoms with Gasteiger partial charge in [0.25, 0.3) is 0 Å². The van der Waals surface area contributed by atoms with Gasteiger partial charge in [-0.25, -0.2) is 4.79 Å². The Kier molecular flexibility index (Phi) is 4.73. The highest BCUT2D eigenvalue weighted by Crippen LogP contribution is 2.55. The number of carbonyl (C=O) groups is 1. The van der Waals surface area contributed by atoms with Crippen molar-refractivity contribution in [3.8, 4) is 0 Å². The van der Waals surface area contributed by atoms with Crippen molar-refractivity contribution in [3.05, 3.63) is 33.8 Å². The van der Waals surface area contributed by atoms with Crippen LogP contribution in [0.25, 0.3) is 11.1 Å². The van der Waals surface area contributed by atoms with Gasteiger partial charge in [0.1, 0.15) is 0 Å². The lowest BCUT2D eigenvalue weighted by molar-refractivity contribution is -0.128. The molecule has 1 aromatic heterocycles. The molecule has 4 aliphatic carbocycles. The highest BCUT2D eigenvalue weighted by molar-refractivity contribution is 6.31. The van der Waals surface area contributed by atoms with Crippen LogP contribution in [0.3, 0.4) is 0 Å². The summed E-state index contributed by atoms with van der Waals surface area (Å²) in [6, 6.07) is 5.27. The SMILES string of the molecule is O=C(CN1CCCC(n2c(=O)oc3ccc(Cl)cc32)C1)NC12CC3CC(CC(C3)C1)C2. The summed E-state index contributed by atoms with van der Waals surface area (Å²) in [4.78, 5) is 27.8. The first-order valence-electron chi connectivity index (χ1n) is 11.8. The number of carbonyl (C=O) groups excluding carboxylic acids is 1. The van der Waals surface area contributed by atoms with Crippen LogP contribution in [-0.2, 0) is 4.79 Å². The fraction of sp³-hybridized carbons (Fsp3) is 0.667. The lowest BCUT2D eigenvalue weighted by atomic mass is 9.53. The van der Waals surface area contributed by atoms with E-state index in [2.05, 4.69) is 10.2 Å². The standard InChI is InChI=1S/C24H30ClN3O3/c25-18-3-4-21-20(9-18)28(23(30)31-21)19-2-1-5-27(13-19)14-22(29)26-24-10-15-6-16(11-24)8-17(7-15)12-24/h3-4,9,15-17,19H,1-2,5-8,10-14H2,(H,26,29). The summed E-state index contributed by atoms with van der Waals surface area (Å²) < 4.78 is 7.16. The van der Waals surface area contributed by atoms with Crippen molar-refractivity contribution in [3.63, 3.8) is 0 Å². The first kappa shape index (κ1) is 19.9. The van der Waals surface area contributed by atoms with Crippen LogP contribution in [0.4, 0.5) is 0 Å². The monoisotopic (exact) mass is 443 g/mol. The summed E-state index contributed by atoms with van der Waals surface area (Å²) in [6.07, 6.45) is 9.49. The molecule has 0 radical (unpaired) electrons. The minimum absolute atomic E-state index is 0.00619. The zero-order chi connectivity index (χ0) is 21.2. The maximum absolute atomic E-state index is 13.1. The Morgan fingerprint density at radius 2 is 1.87 bits per heavy atom. The van der Waals surface area contributed by atoms with Crippen molar-refractivity contribution in [1.82, 2.24) is 14.8 Å². The van der Waals surface area contributed by atoms with Gasteiger partial charge in [0.05, 0.1) is 18.1 Å². The van der Waals surface area contributed by atoms with Gasteiger partial charge in [0.2, 0.25) is 5.91 Å². The Morgan fingerprint density at radius 1 is 1.16 bits per heavy atom. The minimum atomic E-state index is -0.345. The zero-order valence-electron chi connectivity index (χ0n) is 17.8. The third-order valence-corrected chi connectivity index (χ3v) is 8.47. The third kappa shape index (κ3) is 3.62. The van der Waals surface area contributed by atoms with E-state index in [0.29, 0.717) is 23.7 Å². The van der Waals surface area contributed by atoms with Crippen molar-refractivity contribution >= 4 is 28.6 Å². The molecule has 1 saturated heterocycles. The number of aromatic nitrogens is 1. The molecule has 4 saturated carbocycles. The van der Waals surface area contributed by atoms with E-state index < -0.39 is 0 Å². The van der Waals surface area contributed by atoms with Gasteiger partial charge in [-0.05, 0) is 93.9 Å². The number of nitrogens with zero attached hydrogens (tertiary/aromatic N) is 2. The molecule has 31 heavy (non-hydrogen) atoms. The molecule has 6 nitrogen and oxygen atoms in total. The van der Waals surface area contributed by atoms with Crippen LogP contribution in [0.2, 0.25) is 5.02 Å². The van der Waals surface area contributed by atoms with Gasteiger partial charge >= 0.3 is 5.76 Å². The predicted octanol–water partition coefficient (Wildman–Crippen LogP) is 3.97. The maximum Gasteiger partial charge on any atom is 0.420 e. The zero-order valence-corrected chi connectivity index (χ0v) is 18.6. The summed E-state index contributed by atoms with van der Waals surface area (Å²) in [5.41, 5.74) is 1.35. The van der Waals surface area contributed by atoms with Crippen LogP contribution in [-0.4, -0.2) is 40.5 Å². The second-order valence-electron chi connectivity index (χ2n) is 10.6. The number of amides is 1. The van der Waals surface area contributed by atoms with Crippen LogP contribution in [0.1, 0.15) is 57.4 Å². The van der Waals surface area contributed by atoms with Gasteiger partial charge < -0.3 is 9.73 Å². The first-order chi connectivity index (χ1) is 15.0. The van der Waals surface area contributed by atoms with E-state index in [0.717, 1.165) is 42.7 Å². The number of hydrogen-bond acceptors (Lipinski definition) is 4. The highest BCUT2D eigenvalue weighted by atomic mass is 35.5. The first-order valence-corrected chi connectivity index (χ1v) is 12.2. The molecule has 1 N–H and O–H groups in total. The van der Waals surface area contributed by atoms with Crippen molar-refractivity contribution in [2.45, 2.75) is 62.9 Å². The quantitative estimate of drug-likeness (QED) is 0.776. The van der Waals surface area contributed by atoms with E-state index in [1.807, 2.05) is 0 Å². The fourth-order valence-electron chi connectivity index (χ4n) is 7.54. The molecule has 2 heterocycles. The topological polar surface area (TPSA) is 67.5 Å². The summed E-state index contributed by atoms with van der Waals surface area (Å²) in [5, 5.41) is 4.07. The van der Waals surface area contributed by atoms with Crippen molar-refractivity contribution in [2.24, 2.45) is 17.8 Å². The fourth-order valence-corrected chi connectivity index (χ4v) is 7.71. The predicted molar refractivity (Wildman–Crippen MR) is 119 cm³/mol. The van der Waals surface area contributed by atoms with E-state index in [1.165, 1.54) is 38.5 Å². The van der Waals surface area contributed by atoms with Crippen molar-refractivity contribution in [2.75, 3.05) is 19.6 Å². The van der Waals surface area contributed by atoms with Gasteiger partial charge in [0, 0.05) is 17.1 Å². The third-order valence-electron chi connectivity index (χ3n) is 8.23. The molecule has 5 fully saturated rings. The van der Waals surface area contributed by atoms with Crippen molar-refractivity contribution < 1.29 is 9.21 Å². The van der Waals surface area contributed by atoms with E-state index >= 15 is 0 Å². The Morgan fingerprint density at radius 3 is 2.58 bits per heavy atom. The number of halogens is 1. The molecule has 1 atom stereocenters. The Labute approximate surface area is 186 Å². The number of piperidine rings is 1. The summed E-state index contributed by atoms with van der Waals surface area (Å²) in [7, 11) is 0. The number of likely N-dealkylation sites (tertiary alicyclic amines) is 1. The molecule has 4 bridgehead atoms. The van der Waals surface area contributed by atoms with Crippen LogP contribution >= 0.6 is 11.6 Å². The number of fused-ring (bicyclic) bond motifs is 1. The molecule has 7 heteroatoms. The van der Waals surface area contributed by atoms with Gasteiger partial charge in [-0.2, -0.15) is 0 Å². The molecule has 5 aliphatic rings. The van der Waals surface area contributed by atoms with E-state index in [-0.39, 0.29) is 23.2 Å². The molecule has 1 amide bonds. The van der Waals surface area contributed by atoms with E-state index in [9.17, 15) is 9.59 Å². The largest absolute Gasteiger partial charge is 0.420 e. The van der Waals surface area contributed by atoms with Gasteiger partial charge in [-0.3, -0.25) is 14.3 Å². The minimum Gasteiger partial charge on any atom is -0.408 e. The number of hydrogen-bond donors (Lipinski definition) is 1. The molecular weight excluding hydrogens is 414 g/mol. The average molecular weight is 444 g/mol. The number of oxazole rings is 1. The smallest absolute Gasteiger partial charge is 0.408 e. The number of benzene rings is 1. The van der Waals surface area contributed by atoms with Crippen LogP contribution in [0, 0.1) is 17.8 Å². The van der Waals surface area contributed by atoms with Crippen LogP contribution in [0.5, 0.6) is 0 Å². The van der Waals surface area contributed by atoms with Crippen LogP contribution < -0.4 is 11.1 Å². The summed E-state index contributed by atoms with van der Waals surface area (Å²) in [5.74, 6) is 2.26. The van der Waals surface area contributed by atoms with Crippen molar-refractivity contribution in [1.29, 1.82) is 0 Å². The number of rotatable bonds is 4. The second-order valence-corrected chi connectivity index (χ2v) is 11.1. The van der Waals surface area contributed by atoms with E-state index in [4.69, 9.17) is 16.0 Å². The molecule has 1 aliphatic heterocycles. The lowest BCUT2D eigenvalue weighted by Gasteiger charge is -2.57. The second kappa shape index (κ2) is 7.38. The van der Waals surface area contributed by atoms with E-state index in [1.54, 1.807) is 22.8 Å². The van der Waals surface area contributed by atoms with Gasteiger partial charge in [-0.15, -0.1) is 0 Å². The summed E-state index contributed by atoms with van der Waals surface area (Å²) >= 11 is 6.16. The van der Waals surface area contributed by atoms with Crippen LogP contribution in [0.15, 0.2) is 27.4 Å². The lowest BCUT2D eigenvalue weighted by Crippen LogP contribution is -2.61. The highest BCUT2D eigenvalue weighted by Gasteiger charge is 2.51. The molecule has 7 rings (SSSR count). The molecule has 0 spiro atoms.